The van der Waals surface area contributed by atoms with E-state index in [-0.39, 0.29) is 6.61 Å². The highest BCUT2D eigenvalue weighted by Crippen LogP contribution is 2.46. The van der Waals surface area contributed by atoms with Gasteiger partial charge in [0.15, 0.2) is 0 Å². The van der Waals surface area contributed by atoms with Gasteiger partial charge in [-0.3, -0.25) is 4.90 Å². The Kier molecular flexibility index (Phi) is 7.15. The topological polar surface area (TPSA) is 41.2 Å². The smallest absolute Gasteiger partial charge is 0.391 e. The van der Waals surface area contributed by atoms with Crippen LogP contribution in [0.5, 0.6) is 0 Å². The van der Waals surface area contributed by atoms with Crippen LogP contribution >= 0.6 is 11.8 Å². The van der Waals surface area contributed by atoms with Gasteiger partial charge >= 0.3 is 11.5 Å². The Morgan fingerprint density at radius 3 is 2.53 bits per heavy atom. The SMILES string of the molecule is CCN(CC)c1ccc2c(/C=C3\Sc4ccccc4N3C)cc(N3CC[N+](C)(CCO)CC3)[o+]c2c1. The van der Waals surface area contributed by atoms with Crippen LogP contribution in [0.25, 0.3) is 17.0 Å². The molecule has 1 saturated heterocycles. The average molecular weight is 507 g/mol. The number of anilines is 3. The standard InChI is InChI=1S/C29H38N4O2S/c1-5-31(6-2)23-11-12-24-22(20-29-30(3)25-9-7-8-10-27(25)36-29)19-28(35-26(24)21-23)32-13-15-33(4,16-14-32)17-18-34/h7-12,19-21,34H,5-6,13-18H2,1-4H3/q+2/b29-20-. The van der Waals surface area contributed by atoms with Crippen LogP contribution in [0, 0.1) is 0 Å². The minimum absolute atomic E-state index is 0.232. The van der Waals surface area contributed by atoms with Gasteiger partial charge in [0, 0.05) is 36.3 Å². The summed E-state index contributed by atoms with van der Waals surface area (Å²) in [5, 5.41) is 11.8. The van der Waals surface area contributed by atoms with Gasteiger partial charge in [-0.1, -0.05) is 23.9 Å². The van der Waals surface area contributed by atoms with Crippen LogP contribution < -0.4 is 14.7 Å². The highest BCUT2D eigenvalue weighted by atomic mass is 32.2. The van der Waals surface area contributed by atoms with E-state index < -0.39 is 0 Å². The van der Waals surface area contributed by atoms with Crippen molar-refractivity contribution in [2.24, 2.45) is 0 Å². The molecule has 1 N–H and O–H groups in total. The first kappa shape index (κ1) is 24.9. The summed E-state index contributed by atoms with van der Waals surface area (Å²) in [4.78, 5) is 8.29. The second-order valence-electron chi connectivity index (χ2n) is 10.0. The van der Waals surface area contributed by atoms with Gasteiger partial charge in [-0.2, -0.15) is 4.42 Å². The number of fused-ring (bicyclic) bond motifs is 2. The van der Waals surface area contributed by atoms with Gasteiger partial charge in [0.1, 0.15) is 6.54 Å². The number of likely N-dealkylation sites (N-methyl/N-ethyl adjacent to an activating group) is 1. The summed E-state index contributed by atoms with van der Waals surface area (Å²) >= 11 is 1.82. The maximum Gasteiger partial charge on any atom is 0.431 e. The van der Waals surface area contributed by atoms with Gasteiger partial charge < -0.3 is 19.4 Å². The lowest BCUT2D eigenvalue weighted by Gasteiger charge is -2.40. The van der Waals surface area contributed by atoms with E-state index in [9.17, 15) is 5.11 Å². The third-order valence-electron chi connectivity index (χ3n) is 7.72. The molecule has 3 aromatic rings. The van der Waals surface area contributed by atoms with Crippen molar-refractivity contribution >= 4 is 46.1 Å². The summed E-state index contributed by atoms with van der Waals surface area (Å²) in [7, 11) is 4.38. The van der Waals surface area contributed by atoms with E-state index in [0.29, 0.717) is 0 Å². The fourth-order valence-electron chi connectivity index (χ4n) is 5.26. The molecule has 1 fully saturated rings. The molecule has 7 heteroatoms. The normalized spacial score (nSPS) is 18.2. The van der Waals surface area contributed by atoms with E-state index >= 15 is 0 Å². The van der Waals surface area contributed by atoms with Crippen molar-refractivity contribution in [2.45, 2.75) is 18.7 Å². The number of aliphatic hydroxyl groups is 1. The van der Waals surface area contributed by atoms with Gasteiger partial charge in [0.2, 0.25) is 0 Å². The van der Waals surface area contributed by atoms with Crippen molar-refractivity contribution in [3.05, 3.63) is 59.1 Å². The summed E-state index contributed by atoms with van der Waals surface area (Å²) in [5.41, 5.74) is 4.54. The van der Waals surface area contributed by atoms with Crippen molar-refractivity contribution in [1.29, 1.82) is 0 Å². The molecule has 6 nitrogen and oxygen atoms in total. The number of hydrogen-bond acceptors (Lipinski definition) is 5. The quantitative estimate of drug-likeness (QED) is 0.344. The molecule has 0 atom stereocenters. The Bertz CT molecular complexity index is 1270. The van der Waals surface area contributed by atoms with Gasteiger partial charge in [0.25, 0.3) is 0 Å². The third kappa shape index (κ3) is 4.80. The molecule has 2 aliphatic heterocycles. The molecular weight excluding hydrogens is 468 g/mol. The van der Waals surface area contributed by atoms with E-state index in [1.165, 1.54) is 26.9 Å². The minimum atomic E-state index is 0.232. The molecule has 0 spiro atoms. The number of nitrogens with zero attached hydrogens (tertiary/aromatic N) is 4. The molecule has 190 valence electrons. The Hall–Kier alpha value is -2.74. The maximum absolute atomic E-state index is 9.49. The number of piperazine rings is 1. The van der Waals surface area contributed by atoms with E-state index in [1.54, 1.807) is 0 Å². The van der Waals surface area contributed by atoms with E-state index in [2.05, 4.69) is 97.2 Å². The summed E-state index contributed by atoms with van der Waals surface area (Å²) in [6.07, 6.45) is 2.30. The molecule has 0 bridgehead atoms. The van der Waals surface area contributed by atoms with Crippen LogP contribution in [-0.2, 0) is 0 Å². The number of hydrogen-bond donors (Lipinski definition) is 1. The average Bonchev–Trinajstić information content (AvgIpc) is 3.20. The number of rotatable bonds is 7. The maximum atomic E-state index is 9.49. The second kappa shape index (κ2) is 10.3. The van der Waals surface area contributed by atoms with Crippen molar-refractivity contribution in [1.82, 2.24) is 0 Å². The molecule has 2 aliphatic rings. The van der Waals surface area contributed by atoms with Gasteiger partial charge in [-0.05, 0) is 44.2 Å². The zero-order chi connectivity index (χ0) is 25.3. The highest BCUT2D eigenvalue weighted by molar-refractivity contribution is 8.03. The fraction of sp³-hybridized carbons (Fsp3) is 0.414. The van der Waals surface area contributed by atoms with Crippen LogP contribution in [0.15, 0.2) is 62.9 Å². The monoisotopic (exact) mass is 506 g/mol. The predicted molar refractivity (Wildman–Crippen MR) is 153 cm³/mol. The molecule has 1 aromatic heterocycles. The summed E-state index contributed by atoms with van der Waals surface area (Å²) in [6, 6.07) is 17.4. The van der Waals surface area contributed by atoms with E-state index in [0.717, 1.165) is 67.1 Å². The Morgan fingerprint density at radius 2 is 1.83 bits per heavy atom. The molecule has 0 aliphatic carbocycles. The van der Waals surface area contributed by atoms with Crippen LogP contribution in [0.4, 0.5) is 17.3 Å². The van der Waals surface area contributed by atoms with Crippen molar-refractivity contribution in [2.75, 3.05) is 81.2 Å². The lowest BCUT2D eigenvalue weighted by molar-refractivity contribution is -0.910. The minimum Gasteiger partial charge on any atom is -0.391 e. The number of thioether (sulfide) groups is 1. The largest absolute Gasteiger partial charge is 0.431 e. The molecule has 2 aromatic carbocycles. The first-order valence-corrected chi connectivity index (χ1v) is 13.8. The summed E-state index contributed by atoms with van der Waals surface area (Å²) < 4.78 is 7.50. The van der Waals surface area contributed by atoms with Gasteiger partial charge in [-0.25, -0.2) is 0 Å². The number of aliphatic hydroxyl groups excluding tert-OH is 1. The predicted octanol–water partition coefficient (Wildman–Crippen LogP) is 5.36. The Labute approximate surface area is 219 Å². The first-order valence-electron chi connectivity index (χ1n) is 13.0. The number of quaternary nitrogens is 1. The zero-order valence-electron chi connectivity index (χ0n) is 21.9. The van der Waals surface area contributed by atoms with Crippen LogP contribution in [0.3, 0.4) is 0 Å². The van der Waals surface area contributed by atoms with Crippen LogP contribution in [0.1, 0.15) is 19.4 Å². The van der Waals surface area contributed by atoms with Crippen molar-refractivity contribution in [3.8, 4) is 0 Å². The third-order valence-corrected chi connectivity index (χ3v) is 8.89. The summed E-state index contributed by atoms with van der Waals surface area (Å²) in [6.45, 7) is 11.2. The van der Waals surface area contributed by atoms with Crippen molar-refractivity contribution < 1.29 is 14.0 Å². The molecular formula is C29H38N4O2S+2. The number of para-hydroxylation sites is 1. The molecule has 36 heavy (non-hydrogen) atoms. The molecule has 0 radical (unpaired) electrons. The van der Waals surface area contributed by atoms with Crippen molar-refractivity contribution in [3.63, 3.8) is 0 Å². The fourth-order valence-corrected chi connectivity index (χ4v) is 6.36. The highest BCUT2D eigenvalue weighted by Gasteiger charge is 2.33. The van der Waals surface area contributed by atoms with E-state index in [1.807, 2.05) is 11.8 Å². The second-order valence-corrected chi connectivity index (χ2v) is 11.1. The lowest BCUT2D eigenvalue weighted by atomic mass is 10.1. The van der Waals surface area contributed by atoms with Gasteiger partial charge in [-0.15, -0.1) is 0 Å². The number of benzene rings is 2. The molecule has 3 heterocycles. The van der Waals surface area contributed by atoms with Crippen LogP contribution in [-0.4, -0.2) is 76.1 Å². The molecule has 0 amide bonds. The molecule has 0 unspecified atom stereocenters. The first-order chi connectivity index (χ1) is 17.4. The Balaban J connectivity index is 1.56. The molecule has 5 rings (SSSR count). The Morgan fingerprint density at radius 1 is 1.08 bits per heavy atom. The zero-order valence-corrected chi connectivity index (χ0v) is 22.7. The van der Waals surface area contributed by atoms with Crippen LogP contribution in [0.2, 0.25) is 0 Å². The lowest BCUT2D eigenvalue weighted by Crippen LogP contribution is -2.58. The molecule has 0 saturated carbocycles. The van der Waals surface area contributed by atoms with E-state index in [4.69, 9.17) is 4.42 Å². The summed E-state index contributed by atoms with van der Waals surface area (Å²) in [5.74, 6) is 0.921. The van der Waals surface area contributed by atoms with Gasteiger partial charge in [0.05, 0.1) is 68.1 Å².